The molecule has 0 unspecified atom stereocenters. The van der Waals surface area contributed by atoms with Gasteiger partial charge >= 0.3 is 0 Å². The molecule has 0 aliphatic heterocycles. The Morgan fingerprint density at radius 3 is 0.775 bits per heavy atom. The molecule has 0 amide bonds. The van der Waals surface area contributed by atoms with Crippen molar-refractivity contribution in [2.75, 3.05) is 9.80 Å². The van der Waals surface area contributed by atoms with E-state index in [9.17, 15) is 0 Å². The minimum Gasteiger partial charge on any atom is -0.311 e. The number of anilines is 6. The van der Waals surface area contributed by atoms with Gasteiger partial charge in [-0.1, -0.05) is 382 Å². The van der Waals surface area contributed by atoms with Gasteiger partial charge in [0.1, 0.15) is 0 Å². The molecule has 0 spiro atoms. The summed E-state index contributed by atoms with van der Waals surface area (Å²) in [6.45, 7) is 0. The first-order valence-electron chi connectivity index (χ1n) is 41.3. The van der Waals surface area contributed by atoms with Gasteiger partial charge in [-0.25, -0.2) is 0 Å². The highest BCUT2D eigenvalue weighted by Crippen LogP contribution is 2.48. The average molecular weight is 1530 g/mol. The molecular formula is C118H80N2. The smallest absolute Gasteiger partial charge is 0.0468 e. The maximum atomic E-state index is 2.42. The van der Waals surface area contributed by atoms with Crippen molar-refractivity contribution in [2.24, 2.45) is 0 Å². The van der Waals surface area contributed by atoms with E-state index in [1.54, 1.807) is 0 Å². The molecule has 120 heavy (non-hydrogen) atoms. The van der Waals surface area contributed by atoms with Gasteiger partial charge in [0.15, 0.2) is 0 Å². The Labute approximate surface area is 701 Å². The standard InChI is InChI=1S/C118H80N2/c1-5-25-84(26-6-1)111-74-71-104(80-115(111)90-31-11-4-12-32-90)120(103-65-53-82(54-66-103)95-59-72-112(85-27-7-2-8-28-85)116(77-95)114-48-24-39-89-35-15-19-44-109(89)114)102-63-49-81(50-64-102)93-40-21-41-94(75-93)98-76-97-36-16-20-45-110(97)118(79-98)117-78-96(60-73-113(117)86-29-9-3-10-30-86)83-51-61-99(62-52-83)119(100-67-55-91(56-68-100)107-46-22-37-87-33-13-17-42-105(87)107)101-69-57-92(58-70-101)108-47-23-38-88-34-14-18-43-106(88)108/h1-80H. The Kier molecular flexibility index (Phi) is 19.1. The summed E-state index contributed by atoms with van der Waals surface area (Å²) >= 11 is 0. The van der Waals surface area contributed by atoms with Gasteiger partial charge in [-0.15, -0.1) is 0 Å². The third-order valence-electron chi connectivity index (χ3n) is 23.9. The highest BCUT2D eigenvalue weighted by Gasteiger charge is 2.23. The van der Waals surface area contributed by atoms with E-state index in [-0.39, 0.29) is 0 Å². The van der Waals surface area contributed by atoms with Crippen LogP contribution in [-0.4, -0.2) is 0 Å². The summed E-state index contributed by atoms with van der Waals surface area (Å²) in [5, 5.41) is 9.78. The largest absolute Gasteiger partial charge is 0.311 e. The van der Waals surface area contributed by atoms with E-state index in [0.29, 0.717) is 0 Å². The predicted octanol–water partition coefficient (Wildman–Crippen LogP) is 33.2. The van der Waals surface area contributed by atoms with Crippen LogP contribution in [0.15, 0.2) is 485 Å². The zero-order chi connectivity index (χ0) is 79.7. The third kappa shape index (κ3) is 14.0. The van der Waals surface area contributed by atoms with E-state index in [1.807, 2.05) is 0 Å². The first-order valence-corrected chi connectivity index (χ1v) is 41.3. The molecule has 0 radical (unpaired) electrons. The molecule has 0 saturated heterocycles. The van der Waals surface area contributed by atoms with E-state index >= 15 is 0 Å². The van der Waals surface area contributed by atoms with Crippen LogP contribution in [0.5, 0.6) is 0 Å². The molecule has 0 atom stereocenters. The summed E-state index contributed by atoms with van der Waals surface area (Å²) in [5.74, 6) is 0. The number of nitrogens with zero attached hydrogens (tertiary/aromatic N) is 2. The lowest BCUT2D eigenvalue weighted by Crippen LogP contribution is -2.10. The Morgan fingerprint density at radius 1 is 0.100 bits per heavy atom. The summed E-state index contributed by atoms with van der Waals surface area (Å²) in [6, 6.07) is 178. The van der Waals surface area contributed by atoms with Crippen LogP contribution in [0.4, 0.5) is 34.1 Å². The SMILES string of the molecule is c1ccc(-c2ccc(N(c3ccc(-c4cccc(-c5cc(-c6cc(-c7ccc(N(c8ccc(-c9cccc%10ccccc9%10)cc8)c8ccc(-c9cccc%10ccccc9%10)cc8)cc7)ccc6-c6ccccc6)c6ccccc6c5)c4)cc3)c3ccc(-c4ccc(-c5ccccc5)c(-c5cccc6ccccc56)c4)cc3)cc2-c2ccccc2)cc1. The van der Waals surface area contributed by atoms with E-state index in [4.69, 9.17) is 0 Å². The summed E-state index contributed by atoms with van der Waals surface area (Å²) in [7, 11) is 0. The second-order valence-electron chi connectivity index (χ2n) is 31.0. The van der Waals surface area contributed by atoms with Gasteiger partial charge in [0, 0.05) is 34.1 Å². The summed E-state index contributed by atoms with van der Waals surface area (Å²) in [4.78, 5) is 4.79. The van der Waals surface area contributed by atoms with Crippen LogP contribution in [0.25, 0.3) is 177 Å². The van der Waals surface area contributed by atoms with Crippen molar-refractivity contribution in [3.05, 3.63) is 485 Å². The third-order valence-corrected chi connectivity index (χ3v) is 23.9. The predicted molar refractivity (Wildman–Crippen MR) is 511 cm³/mol. The van der Waals surface area contributed by atoms with E-state index in [0.717, 1.165) is 95.3 Å². The quantitative estimate of drug-likeness (QED) is 0.0845. The van der Waals surface area contributed by atoms with Crippen molar-refractivity contribution in [2.45, 2.75) is 0 Å². The average Bonchev–Trinajstić information content (AvgIpc) is 0.755. The molecule has 2 heteroatoms. The Morgan fingerprint density at radius 2 is 0.350 bits per heavy atom. The molecule has 0 heterocycles. The lowest BCUT2D eigenvalue weighted by atomic mass is 9.86. The second kappa shape index (κ2) is 31.8. The molecule has 0 aromatic heterocycles. The van der Waals surface area contributed by atoms with Crippen molar-refractivity contribution in [1.82, 2.24) is 0 Å². The molecule has 0 bridgehead atoms. The zero-order valence-corrected chi connectivity index (χ0v) is 66.1. The number of hydrogen-bond acceptors (Lipinski definition) is 2. The van der Waals surface area contributed by atoms with Crippen molar-refractivity contribution >= 4 is 77.2 Å². The molecule has 2 nitrogen and oxygen atoms in total. The number of fused-ring (bicyclic) bond motifs is 4. The monoisotopic (exact) mass is 1520 g/mol. The Balaban J connectivity index is 0.629. The van der Waals surface area contributed by atoms with Crippen LogP contribution < -0.4 is 9.80 Å². The fraction of sp³-hybridized carbons (Fsp3) is 0. The first kappa shape index (κ1) is 72.0. The number of benzene rings is 21. The van der Waals surface area contributed by atoms with Gasteiger partial charge in [0.05, 0.1) is 0 Å². The highest BCUT2D eigenvalue weighted by molar-refractivity contribution is 6.06. The molecule has 0 fully saturated rings. The van der Waals surface area contributed by atoms with Crippen LogP contribution in [0, 0.1) is 0 Å². The molecule has 21 aromatic rings. The summed E-state index contributed by atoms with van der Waals surface area (Å²) in [6.07, 6.45) is 0. The molecule has 21 aromatic carbocycles. The van der Waals surface area contributed by atoms with Crippen LogP contribution in [0.3, 0.4) is 0 Å². The van der Waals surface area contributed by atoms with Crippen molar-refractivity contribution in [3.63, 3.8) is 0 Å². The molecule has 0 saturated carbocycles. The van der Waals surface area contributed by atoms with Crippen LogP contribution in [0.2, 0.25) is 0 Å². The van der Waals surface area contributed by atoms with Gasteiger partial charge in [0.2, 0.25) is 0 Å². The van der Waals surface area contributed by atoms with Crippen LogP contribution >= 0.6 is 0 Å². The number of rotatable bonds is 18. The maximum Gasteiger partial charge on any atom is 0.0468 e. The van der Waals surface area contributed by atoms with Gasteiger partial charge in [-0.05, 0) is 280 Å². The highest BCUT2D eigenvalue weighted by atomic mass is 15.1. The van der Waals surface area contributed by atoms with Gasteiger partial charge in [-0.3, -0.25) is 0 Å². The molecule has 0 aliphatic carbocycles. The lowest BCUT2D eigenvalue weighted by Gasteiger charge is -2.27. The minimum absolute atomic E-state index is 1.05. The van der Waals surface area contributed by atoms with Gasteiger partial charge in [-0.2, -0.15) is 0 Å². The van der Waals surface area contributed by atoms with Crippen LogP contribution in [0.1, 0.15) is 0 Å². The molecular weight excluding hydrogens is 1450 g/mol. The lowest BCUT2D eigenvalue weighted by molar-refractivity contribution is 1.28. The molecule has 21 rings (SSSR count). The van der Waals surface area contributed by atoms with E-state index in [1.165, 1.54) is 115 Å². The van der Waals surface area contributed by atoms with Crippen molar-refractivity contribution in [1.29, 1.82) is 0 Å². The maximum absolute atomic E-state index is 2.42. The first-order chi connectivity index (χ1) is 59.5. The van der Waals surface area contributed by atoms with E-state index in [2.05, 4.69) is 495 Å². The second-order valence-corrected chi connectivity index (χ2v) is 31.0. The van der Waals surface area contributed by atoms with Crippen molar-refractivity contribution < 1.29 is 0 Å². The van der Waals surface area contributed by atoms with E-state index < -0.39 is 0 Å². The fourth-order valence-corrected chi connectivity index (χ4v) is 17.9. The zero-order valence-electron chi connectivity index (χ0n) is 66.1. The molecule has 0 aliphatic rings. The Hall–Kier alpha value is -15.7. The molecule has 562 valence electrons. The summed E-state index contributed by atoms with van der Waals surface area (Å²) < 4.78 is 0. The van der Waals surface area contributed by atoms with Crippen molar-refractivity contribution in [3.8, 4) is 134 Å². The normalized spacial score (nSPS) is 11.3. The Bertz CT molecular complexity index is 7190. The minimum atomic E-state index is 1.05. The number of hydrogen-bond donors (Lipinski definition) is 0. The molecule has 0 N–H and O–H groups in total. The summed E-state index contributed by atoms with van der Waals surface area (Å²) in [5.41, 5.74) is 34.4. The van der Waals surface area contributed by atoms with Gasteiger partial charge in [0.25, 0.3) is 0 Å². The fourth-order valence-electron chi connectivity index (χ4n) is 17.9. The van der Waals surface area contributed by atoms with Gasteiger partial charge < -0.3 is 9.80 Å². The van der Waals surface area contributed by atoms with Crippen LogP contribution in [-0.2, 0) is 0 Å². The topological polar surface area (TPSA) is 6.48 Å².